The van der Waals surface area contributed by atoms with Crippen molar-refractivity contribution in [2.75, 3.05) is 18.1 Å². The molecule has 2 N–H and O–H groups in total. The van der Waals surface area contributed by atoms with Crippen LogP contribution in [-0.4, -0.2) is 39.6 Å². The number of nitrogens with one attached hydrogen (secondary N) is 2. The first kappa shape index (κ1) is 17.3. The fourth-order valence-electron chi connectivity index (χ4n) is 2.64. The minimum absolute atomic E-state index is 0.141. The minimum Gasteiger partial charge on any atom is -0.337 e. The van der Waals surface area contributed by atoms with E-state index in [0.717, 1.165) is 23.5 Å². The van der Waals surface area contributed by atoms with Crippen LogP contribution in [0.2, 0.25) is 0 Å². The summed E-state index contributed by atoms with van der Waals surface area (Å²) >= 11 is 1.98. The molecule has 22 heavy (non-hydrogen) atoms. The molecule has 122 valence electrons. The molecule has 0 unspecified atom stereocenters. The molecule has 0 aromatic heterocycles. The molecular weight excluding hydrogens is 316 g/mol. The smallest absolute Gasteiger partial charge is 0.315 e. The van der Waals surface area contributed by atoms with E-state index in [1.807, 2.05) is 42.1 Å². The van der Waals surface area contributed by atoms with Gasteiger partial charge >= 0.3 is 6.03 Å². The largest absolute Gasteiger partial charge is 0.337 e. The van der Waals surface area contributed by atoms with E-state index >= 15 is 0 Å². The second-order valence-electron chi connectivity index (χ2n) is 5.35. The first-order valence-corrected chi connectivity index (χ1v) is 10.1. The highest BCUT2D eigenvalue weighted by molar-refractivity contribution is 7.99. The molecule has 4 nitrogen and oxygen atoms in total. The van der Waals surface area contributed by atoms with Crippen LogP contribution in [0.1, 0.15) is 26.2 Å². The van der Waals surface area contributed by atoms with Crippen LogP contribution in [-0.2, 0) is 10.8 Å². The molecule has 0 radical (unpaired) electrons. The normalized spacial score (nSPS) is 22.2. The maximum absolute atomic E-state index is 12.0. The highest BCUT2D eigenvalue weighted by Crippen LogP contribution is 2.29. The van der Waals surface area contributed by atoms with Gasteiger partial charge in [0.05, 0.1) is 10.8 Å². The summed E-state index contributed by atoms with van der Waals surface area (Å²) in [6.45, 7) is 2.60. The molecule has 0 aliphatic heterocycles. The first-order chi connectivity index (χ1) is 10.7. The van der Waals surface area contributed by atoms with Crippen molar-refractivity contribution in [3.63, 3.8) is 0 Å². The number of thioether (sulfide) groups is 1. The molecule has 2 amide bonds. The molecule has 1 saturated carbocycles. The highest BCUT2D eigenvalue weighted by Gasteiger charge is 2.25. The summed E-state index contributed by atoms with van der Waals surface area (Å²) in [5.74, 6) is 1.57. The Morgan fingerprint density at radius 3 is 2.82 bits per heavy atom. The Morgan fingerprint density at radius 1 is 1.32 bits per heavy atom. The topological polar surface area (TPSA) is 58.2 Å². The van der Waals surface area contributed by atoms with E-state index in [2.05, 4.69) is 17.6 Å². The predicted octanol–water partition coefficient (Wildman–Crippen LogP) is 2.77. The lowest BCUT2D eigenvalue weighted by Crippen LogP contribution is -2.42. The fraction of sp³-hybridized carbons (Fsp3) is 0.562. The summed E-state index contributed by atoms with van der Waals surface area (Å²) in [6.07, 6.45) is 3.30. The Bertz CT molecular complexity index is 496. The van der Waals surface area contributed by atoms with Gasteiger partial charge in [0, 0.05) is 28.5 Å². The number of benzene rings is 1. The van der Waals surface area contributed by atoms with E-state index in [4.69, 9.17) is 0 Å². The number of urea groups is 1. The summed E-state index contributed by atoms with van der Waals surface area (Å²) in [6, 6.07) is 9.48. The molecule has 1 fully saturated rings. The lowest BCUT2D eigenvalue weighted by atomic mass is 10.2. The third-order valence-corrected chi connectivity index (χ3v) is 6.31. The Labute approximate surface area is 139 Å². The molecular formula is C16H24N2O2S2. The fourth-order valence-corrected chi connectivity index (χ4v) is 4.77. The van der Waals surface area contributed by atoms with E-state index in [1.165, 1.54) is 6.42 Å². The SMILES string of the molecule is CCS[C@@H]1CC[C@@H](NC(=O)NCC[S@@](=O)c2ccccc2)C1. The number of carbonyl (C=O) groups excluding carboxylic acids is 1. The molecule has 0 bridgehead atoms. The molecule has 0 heterocycles. The zero-order valence-corrected chi connectivity index (χ0v) is 14.6. The molecule has 1 aromatic rings. The van der Waals surface area contributed by atoms with Crippen molar-refractivity contribution < 1.29 is 9.00 Å². The van der Waals surface area contributed by atoms with Crippen LogP contribution in [0.4, 0.5) is 4.79 Å². The van der Waals surface area contributed by atoms with Gasteiger partial charge < -0.3 is 10.6 Å². The molecule has 1 aliphatic rings. The van der Waals surface area contributed by atoms with E-state index in [-0.39, 0.29) is 12.1 Å². The van der Waals surface area contributed by atoms with Crippen molar-refractivity contribution >= 4 is 28.6 Å². The third kappa shape index (κ3) is 5.65. The summed E-state index contributed by atoms with van der Waals surface area (Å²) in [5, 5.41) is 6.51. The van der Waals surface area contributed by atoms with E-state index in [1.54, 1.807) is 0 Å². The molecule has 2 rings (SSSR count). The Balaban J connectivity index is 1.63. The van der Waals surface area contributed by atoms with Crippen LogP contribution in [0.5, 0.6) is 0 Å². The summed E-state index contributed by atoms with van der Waals surface area (Å²) in [4.78, 5) is 12.7. The van der Waals surface area contributed by atoms with Gasteiger partial charge in [0.15, 0.2) is 0 Å². The van der Waals surface area contributed by atoms with Crippen molar-refractivity contribution in [2.24, 2.45) is 0 Å². The zero-order valence-electron chi connectivity index (χ0n) is 12.9. The number of amides is 2. The van der Waals surface area contributed by atoms with Crippen molar-refractivity contribution in [2.45, 2.75) is 42.4 Å². The van der Waals surface area contributed by atoms with Crippen molar-refractivity contribution in [3.05, 3.63) is 30.3 Å². The van der Waals surface area contributed by atoms with Gasteiger partial charge in [0.1, 0.15) is 0 Å². The van der Waals surface area contributed by atoms with Gasteiger partial charge in [-0.1, -0.05) is 25.1 Å². The van der Waals surface area contributed by atoms with Gasteiger partial charge in [-0.3, -0.25) is 4.21 Å². The Kier molecular flexibility index (Phi) is 7.25. The molecule has 6 heteroatoms. The molecule has 0 spiro atoms. The molecule has 1 aliphatic carbocycles. The zero-order chi connectivity index (χ0) is 15.8. The van der Waals surface area contributed by atoms with Gasteiger partial charge in [0.2, 0.25) is 0 Å². The quantitative estimate of drug-likeness (QED) is 0.802. The van der Waals surface area contributed by atoms with E-state index in [9.17, 15) is 9.00 Å². The van der Waals surface area contributed by atoms with Crippen molar-refractivity contribution in [1.82, 2.24) is 10.6 Å². The highest BCUT2D eigenvalue weighted by atomic mass is 32.2. The maximum Gasteiger partial charge on any atom is 0.315 e. The van der Waals surface area contributed by atoms with Crippen molar-refractivity contribution in [1.29, 1.82) is 0 Å². The predicted molar refractivity (Wildman–Crippen MR) is 93.8 cm³/mol. The van der Waals surface area contributed by atoms with E-state index in [0.29, 0.717) is 17.5 Å². The van der Waals surface area contributed by atoms with Crippen LogP contribution >= 0.6 is 11.8 Å². The van der Waals surface area contributed by atoms with Gasteiger partial charge in [-0.15, -0.1) is 0 Å². The minimum atomic E-state index is -1.06. The van der Waals surface area contributed by atoms with Gasteiger partial charge in [0.25, 0.3) is 0 Å². The van der Waals surface area contributed by atoms with Crippen LogP contribution < -0.4 is 10.6 Å². The van der Waals surface area contributed by atoms with Gasteiger partial charge in [-0.05, 0) is 37.1 Å². The standard InChI is InChI=1S/C16H24N2O2S2/c1-2-21-14-9-8-13(12-14)18-16(19)17-10-11-22(20)15-6-4-3-5-7-15/h3-7,13-14H,2,8-12H2,1H3,(H2,17,18,19)/t13-,14-,22-/m1/s1. The molecule has 0 saturated heterocycles. The maximum atomic E-state index is 12.0. The second kappa shape index (κ2) is 9.20. The third-order valence-electron chi connectivity index (χ3n) is 3.70. The van der Waals surface area contributed by atoms with Gasteiger partial charge in [-0.2, -0.15) is 11.8 Å². The Hall–Kier alpha value is -1.01. The summed E-state index contributed by atoms with van der Waals surface area (Å²) in [7, 11) is -1.06. The van der Waals surface area contributed by atoms with Crippen LogP contribution in [0, 0.1) is 0 Å². The second-order valence-corrected chi connectivity index (χ2v) is 8.50. The molecule has 3 atom stereocenters. The van der Waals surface area contributed by atoms with Gasteiger partial charge in [-0.25, -0.2) is 4.79 Å². The lowest BCUT2D eigenvalue weighted by Gasteiger charge is -2.14. The average molecular weight is 341 g/mol. The summed E-state index contributed by atoms with van der Waals surface area (Å²) in [5.41, 5.74) is 0. The number of rotatable bonds is 7. The number of hydrogen-bond donors (Lipinski definition) is 2. The first-order valence-electron chi connectivity index (χ1n) is 7.78. The van der Waals surface area contributed by atoms with Crippen molar-refractivity contribution in [3.8, 4) is 0 Å². The summed E-state index contributed by atoms with van der Waals surface area (Å²) < 4.78 is 12.0. The van der Waals surface area contributed by atoms with Crippen LogP contribution in [0.3, 0.4) is 0 Å². The van der Waals surface area contributed by atoms with E-state index < -0.39 is 10.8 Å². The average Bonchev–Trinajstić information content (AvgIpc) is 2.95. The van der Waals surface area contributed by atoms with Crippen LogP contribution in [0.25, 0.3) is 0 Å². The lowest BCUT2D eigenvalue weighted by molar-refractivity contribution is 0.238. The monoisotopic (exact) mass is 340 g/mol. The molecule has 1 aromatic carbocycles. The number of hydrogen-bond acceptors (Lipinski definition) is 3. The van der Waals surface area contributed by atoms with Crippen LogP contribution in [0.15, 0.2) is 35.2 Å². The number of carbonyl (C=O) groups is 1. The Morgan fingerprint density at radius 2 is 2.09 bits per heavy atom.